The molecule has 0 radical (unpaired) electrons. The molecule has 5 nitrogen and oxygen atoms in total. The zero-order valence-electron chi connectivity index (χ0n) is 14.0. The Balaban J connectivity index is 1.58. The zero-order valence-corrected chi connectivity index (χ0v) is 14.0. The van der Waals surface area contributed by atoms with Gasteiger partial charge in [0.15, 0.2) is 6.61 Å². The number of rotatable bonds is 4. The largest absolute Gasteiger partial charge is 0.450 e. The number of benzene rings is 1. The molecular formula is C19H20FNO4. The molecule has 1 unspecified atom stereocenters. The minimum absolute atomic E-state index is 0.0128. The number of hydrogen-bond donors (Lipinski definition) is 0. The van der Waals surface area contributed by atoms with Gasteiger partial charge in [0, 0.05) is 18.2 Å². The molecule has 2 aromatic rings. The van der Waals surface area contributed by atoms with Crippen LogP contribution in [0.1, 0.15) is 36.7 Å². The first kappa shape index (κ1) is 17.2. The van der Waals surface area contributed by atoms with Gasteiger partial charge in [-0.05, 0) is 62.6 Å². The van der Waals surface area contributed by atoms with Gasteiger partial charge in [-0.1, -0.05) is 0 Å². The van der Waals surface area contributed by atoms with Crippen LogP contribution in [0.2, 0.25) is 0 Å². The maximum atomic E-state index is 13.0. The third kappa shape index (κ3) is 4.07. The highest BCUT2D eigenvalue weighted by Crippen LogP contribution is 2.23. The third-order valence-corrected chi connectivity index (χ3v) is 4.39. The summed E-state index contributed by atoms with van der Waals surface area (Å²) in [5.74, 6) is -0.778. The Bertz CT molecular complexity index is 753. The lowest BCUT2D eigenvalue weighted by Gasteiger charge is -2.33. The van der Waals surface area contributed by atoms with Gasteiger partial charge in [0.1, 0.15) is 11.6 Å². The number of nitrogens with zero attached hydrogens (tertiary/aromatic N) is 1. The summed E-state index contributed by atoms with van der Waals surface area (Å²) in [6.07, 6.45) is 3.06. The first-order chi connectivity index (χ1) is 12.0. The van der Waals surface area contributed by atoms with Crippen molar-refractivity contribution in [3.8, 4) is 11.3 Å². The van der Waals surface area contributed by atoms with E-state index >= 15 is 0 Å². The molecule has 25 heavy (non-hydrogen) atoms. The number of piperidine rings is 1. The average molecular weight is 345 g/mol. The number of carbonyl (C=O) groups is 2. The summed E-state index contributed by atoms with van der Waals surface area (Å²) in [7, 11) is 0. The maximum absolute atomic E-state index is 13.0. The monoisotopic (exact) mass is 345 g/mol. The molecule has 1 fully saturated rings. The fraction of sp³-hybridized carbons (Fsp3) is 0.368. The molecule has 1 atom stereocenters. The van der Waals surface area contributed by atoms with Crippen molar-refractivity contribution in [1.29, 1.82) is 0 Å². The fourth-order valence-corrected chi connectivity index (χ4v) is 2.97. The SMILES string of the molecule is CC1CCCCN1C(=O)COC(=O)c1ccc(-c2ccc(F)cc2)o1. The minimum atomic E-state index is -0.689. The van der Waals surface area contributed by atoms with Crippen LogP contribution in [0.4, 0.5) is 4.39 Å². The van der Waals surface area contributed by atoms with Crippen LogP contribution in [-0.4, -0.2) is 36.0 Å². The van der Waals surface area contributed by atoms with Gasteiger partial charge in [-0.2, -0.15) is 0 Å². The Morgan fingerprint density at radius 3 is 2.68 bits per heavy atom. The molecule has 132 valence electrons. The Labute approximate surface area is 145 Å². The molecule has 0 aliphatic carbocycles. The number of amides is 1. The number of furan rings is 1. The van der Waals surface area contributed by atoms with E-state index in [0.29, 0.717) is 17.9 Å². The van der Waals surface area contributed by atoms with Crippen molar-refractivity contribution in [1.82, 2.24) is 4.90 Å². The van der Waals surface area contributed by atoms with E-state index < -0.39 is 5.97 Å². The number of ether oxygens (including phenoxy) is 1. The first-order valence-electron chi connectivity index (χ1n) is 8.37. The molecule has 1 saturated heterocycles. The number of esters is 1. The predicted molar refractivity (Wildman–Crippen MR) is 89.4 cm³/mol. The van der Waals surface area contributed by atoms with E-state index in [9.17, 15) is 14.0 Å². The lowest BCUT2D eigenvalue weighted by molar-refractivity contribution is -0.137. The van der Waals surface area contributed by atoms with Gasteiger partial charge in [0.25, 0.3) is 5.91 Å². The molecule has 1 amide bonds. The van der Waals surface area contributed by atoms with Crippen molar-refractivity contribution in [2.75, 3.05) is 13.2 Å². The van der Waals surface area contributed by atoms with Gasteiger partial charge >= 0.3 is 5.97 Å². The van der Waals surface area contributed by atoms with Crippen LogP contribution in [-0.2, 0) is 9.53 Å². The summed E-state index contributed by atoms with van der Waals surface area (Å²) < 4.78 is 23.5. The molecule has 0 bridgehead atoms. The van der Waals surface area contributed by atoms with Gasteiger partial charge < -0.3 is 14.1 Å². The smallest absolute Gasteiger partial charge is 0.374 e. The summed E-state index contributed by atoms with van der Waals surface area (Å²) in [5.41, 5.74) is 0.652. The quantitative estimate of drug-likeness (QED) is 0.794. The molecule has 1 aliphatic heterocycles. The van der Waals surface area contributed by atoms with Gasteiger partial charge in [-0.25, -0.2) is 9.18 Å². The molecule has 0 N–H and O–H groups in total. The van der Waals surface area contributed by atoms with Crippen molar-refractivity contribution in [3.63, 3.8) is 0 Å². The Morgan fingerprint density at radius 2 is 1.96 bits per heavy atom. The van der Waals surface area contributed by atoms with Gasteiger partial charge in [0.2, 0.25) is 5.76 Å². The molecule has 1 aliphatic rings. The molecule has 0 spiro atoms. The lowest BCUT2D eigenvalue weighted by Crippen LogP contribution is -2.44. The number of halogens is 1. The summed E-state index contributed by atoms with van der Waals surface area (Å²) in [4.78, 5) is 26.0. The van der Waals surface area contributed by atoms with E-state index in [-0.39, 0.29) is 30.1 Å². The number of carbonyl (C=O) groups excluding carboxylic acids is 2. The second-order valence-electron chi connectivity index (χ2n) is 6.18. The fourth-order valence-electron chi connectivity index (χ4n) is 2.97. The van der Waals surface area contributed by atoms with E-state index in [4.69, 9.17) is 9.15 Å². The topological polar surface area (TPSA) is 59.8 Å². The van der Waals surface area contributed by atoms with Gasteiger partial charge in [0.05, 0.1) is 0 Å². The molecular weight excluding hydrogens is 325 g/mol. The maximum Gasteiger partial charge on any atom is 0.374 e. The van der Waals surface area contributed by atoms with Crippen molar-refractivity contribution in [2.45, 2.75) is 32.2 Å². The van der Waals surface area contributed by atoms with Crippen LogP contribution in [0.3, 0.4) is 0 Å². The van der Waals surface area contributed by atoms with Crippen molar-refractivity contribution >= 4 is 11.9 Å². The summed E-state index contributed by atoms with van der Waals surface area (Å²) in [5, 5.41) is 0. The van der Waals surface area contributed by atoms with E-state index in [2.05, 4.69) is 0 Å². The van der Waals surface area contributed by atoms with E-state index in [1.165, 1.54) is 18.2 Å². The van der Waals surface area contributed by atoms with Crippen LogP contribution < -0.4 is 0 Å². The first-order valence-corrected chi connectivity index (χ1v) is 8.37. The van der Waals surface area contributed by atoms with Crippen molar-refractivity contribution < 1.29 is 23.1 Å². The highest BCUT2D eigenvalue weighted by molar-refractivity contribution is 5.89. The third-order valence-electron chi connectivity index (χ3n) is 4.39. The van der Waals surface area contributed by atoms with Crippen LogP contribution in [0.5, 0.6) is 0 Å². The Hall–Kier alpha value is -2.63. The highest BCUT2D eigenvalue weighted by atomic mass is 19.1. The predicted octanol–water partition coefficient (Wildman–Crippen LogP) is 3.64. The second-order valence-corrected chi connectivity index (χ2v) is 6.18. The Morgan fingerprint density at radius 1 is 1.20 bits per heavy atom. The van der Waals surface area contributed by atoms with Crippen molar-refractivity contribution in [2.24, 2.45) is 0 Å². The highest BCUT2D eigenvalue weighted by Gasteiger charge is 2.24. The normalized spacial score (nSPS) is 17.4. The number of likely N-dealkylation sites (tertiary alicyclic amines) is 1. The summed E-state index contributed by atoms with van der Waals surface area (Å²) in [6, 6.07) is 9.01. The van der Waals surface area contributed by atoms with Crippen LogP contribution >= 0.6 is 0 Å². The summed E-state index contributed by atoms with van der Waals surface area (Å²) in [6.45, 7) is 2.41. The van der Waals surface area contributed by atoms with Crippen LogP contribution in [0.15, 0.2) is 40.8 Å². The molecule has 3 rings (SSSR count). The lowest BCUT2D eigenvalue weighted by atomic mass is 10.0. The van der Waals surface area contributed by atoms with E-state index in [1.54, 1.807) is 23.1 Å². The Kier molecular flexibility index (Phi) is 5.16. The standard InChI is InChI=1S/C19H20FNO4/c1-13-4-2-3-11-21(13)18(22)12-24-19(23)17-10-9-16(25-17)14-5-7-15(20)8-6-14/h5-10,13H,2-4,11-12H2,1H3. The zero-order chi connectivity index (χ0) is 17.8. The summed E-state index contributed by atoms with van der Waals surface area (Å²) >= 11 is 0. The molecule has 0 saturated carbocycles. The van der Waals surface area contributed by atoms with Gasteiger partial charge in [-0.3, -0.25) is 4.79 Å². The molecule has 2 heterocycles. The van der Waals surface area contributed by atoms with Crippen molar-refractivity contribution in [3.05, 3.63) is 48.0 Å². The van der Waals surface area contributed by atoms with E-state index in [1.807, 2.05) is 6.92 Å². The molecule has 1 aromatic carbocycles. The van der Waals surface area contributed by atoms with Gasteiger partial charge in [-0.15, -0.1) is 0 Å². The van der Waals surface area contributed by atoms with Crippen LogP contribution in [0.25, 0.3) is 11.3 Å². The molecule has 1 aromatic heterocycles. The molecule has 6 heteroatoms. The number of hydrogen-bond acceptors (Lipinski definition) is 4. The average Bonchev–Trinajstić information content (AvgIpc) is 3.10. The van der Waals surface area contributed by atoms with Crippen LogP contribution in [0, 0.1) is 5.82 Å². The van der Waals surface area contributed by atoms with E-state index in [0.717, 1.165) is 19.3 Å². The minimum Gasteiger partial charge on any atom is -0.450 e. The second kappa shape index (κ2) is 7.51.